The van der Waals surface area contributed by atoms with Gasteiger partial charge in [0.15, 0.2) is 6.61 Å². The first kappa shape index (κ1) is 16.4. The van der Waals surface area contributed by atoms with Crippen molar-refractivity contribution in [1.29, 1.82) is 0 Å². The van der Waals surface area contributed by atoms with Gasteiger partial charge in [0, 0.05) is 11.6 Å². The fraction of sp³-hybridized carbons (Fsp3) is 0.438. The van der Waals surface area contributed by atoms with Crippen LogP contribution in [0.1, 0.15) is 32.1 Å². The van der Waals surface area contributed by atoms with Crippen LogP contribution in [-0.2, 0) is 9.53 Å². The minimum absolute atomic E-state index is 0.0205. The van der Waals surface area contributed by atoms with Crippen LogP contribution >= 0.6 is 11.6 Å². The third kappa shape index (κ3) is 7.06. The highest BCUT2D eigenvalue weighted by molar-refractivity contribution is 6.25. The molecular weight excluding hydrogens is 274 g/mol. The summed E-state index contributed by atoms with van der Waals surface area (Å²) >= 11 is 5.45. The van der Waals surface area contributed by atoms with Crippen LogP contribution in [0.25, 0.3) is 0 Å². The van der Waals surface area contributed by atoms with E-state index in [0.29, 0.717) is 5.76 Å². The number of nitrogens with one attached hydrogen (secondary N) is 1. The van der Waals surface area contributed by atoms with E-state index in [4.69, 9.17) is 22.8 Å². The summed E-state index contributed by atoms with van der Waals surface area (Å²) in [6.07, 6.45) is 17.3. The second-order valence-electron chi connectivity index (χ2n) is 4.58. The molecule has 0 bridgehead atoms. The second kappa shape index (κ2) is 10.2. The predicted octanol–water partition coefficient (Wildman–Crippen LogP) is 3.28. The number of carbonyl (C=O) groups excluding carboxylic acids is 1. The van der Waals surface area contributed by atoms with Gasteiger partial charge in [-0.15, -0.1) is 6.42 Å². The molecule has 0 unspecified atom stereocenters. The summed E-state index contributed by atoms with van der Waals surface area (Å²) in [5.74, 6) is 2.76. The minimum atomic E-state index is -0.105. The molecular formula is C16H20ClNO2. The molecule has 20 heavy (non-hydrogen) atoms. The maximum atomic E-state index is 11.8. The van der Waals surface area contributed by atoms with Gasteiger partial charge in [0.1, 0.15) is 5.76 Å². The largest absolute Gasteiger partial charge is 0.484 e. The van der Waals surface area contributed by atoms with Gasteiger partial charge in [0.2, 0.25) is 0 Å². The Kier molecular flexibility index (Phi) is 8.33. The molecule has 1 aliphatic carbocycles. The van der Waals surface area contributed by atoms with Crippen LogP contribution < -0.4 is 5.32 Å². The molecule has 0 saturated heterocycles. The summed E-state index contributed by atoms with van der Waals surface area (Å²) in [6, 6.07) is 0.288. The molecule has 108 valence electrons. The number of ether oxygens (including phenoxy) is 1. The third-order valence-corrected chi connectivity index (χ3v) is 3.16. The molecule has 0 aliphatic heterocycles. The fourth-order valence-electron chi connectivity index (χ4n) is 2.08. The Morgan fingerprint density at radius 3 is 2.80 bits per heavy atom. The van der Waals surface area contributed by atoms with Crippen molar-refractivity contribution < 1.29 is 9.53 Å². The molecule has 1 fully saturated rings. The number of rotatable bonds is 6. The number of halogens is 1. The molecule has 0 radical (unpaired) electrons. The highest BCUT2D eigenvalue weighted by Crippen LogP contribution is 2.17. The topological polar surface area (TPSA) is 38.3 Å². The quantitative estimate of drug-likeness (QED) is 0.464. The smallest absolute Gasteiger partial charge is 0.258 e. The monoisotopic (exact) mass is 293 g/mol. The zero-order valence-electron chi connectivity index (χ0n) is 11.5. The van der Waals surface area contributed by atoms with Crippen LogP contribution in [-0.4, -0.2) is 18.6 Å². The van der Waals surface area contributed by atoms with Crippen molar-refractivity contribution in [3.63, 3.8) is 0 Å². The molecule has 0 aromatic rings. The average Bonchev–Trinajstić information content (AvgIpc) is 2.47. The van der Waals surface area contributed by atoms with E-state index in [-0.39, 0.29) is 18.6 Å². The lowest BCUT2D eigenvalue weighted by Crippen LogP contribution is -2.38. The summed E-state index contributed by atoms with van der Waals surface area (Å²) in [6.45, 7) is -0.0205. The normalized spacial score (nSPS) is 17.3. The molecule has 1 rings (SSSR count). The highest BCUT2D eigenvalue weighted by atomic mass is 35.5. The molecule has 0 heterocycles. The van der Waals surface area contributed by atoms with E-state index >= 15 is 0 Å². The van der Waals surface area contributed by atoms with Crippen molar-refractivity contribution in [2.75, 3.05) is 6.61 Å². The van der Waals surface area contributed by atoms with Crippen LogP contribution in [0.3, 0.4) is 0 Å². The highest BCUT2D eigenvalue weighted by Gasteiger charge is 2.15. The van der Waals surface area contributed by atoms with Crippen LogP contribution in [0.2, 0.25) is 0 Å². The van der Waals surface area contributed by atoms with Crippen molar-refractivity contribution >= 4 is 17.5 Å². The van der Waals surface area contributed by atoms with Gasteiger partial charge in [0.05, 0.1) is 0 Å². The minimum Gasteiger partial charge on any atom is -0.484 e. The Hall–Kier alpha value is -1.66. The van der Waals surface area contributed by atoms with Crippen LogP contribution in [0, 0.1) is 12.3 Å². The van der Waals surface area contributed by atoms with Gasteiger partial charge in [-0.25, -0.2) is 0 Å². The van der Waals surface area contributed by atoms with Gasteiger partial charge >= 0.3 is 0 Å². The third-order valence-electron chi connectivity index (χ3n) is 3.02. The maximum absolute atomic E-state index is 11.8. The number of allylic oxidation sites excluding steroid dienone is 4. The van der Waals surface area contributed by atoms with Gasteiger partial charge in [0.25, 0.3) is 5.91 Å². The van der Waals surface area contributed by atoms with E-state index in [2.05, 4.69) is 11.2 Å². The molecule has 0 atom stereocenters. The molecule has 4 heteroatoms. The first-order valence-corrected chi connectivity index (χ1v) is 7.22. The van der Waals surface area contributed by atoms with Crippen LogP contribution in [0.4, 0.5) is 0 Å². The van der Waals surface area contributed by atoms with Gasteiger partial charge in [-0.3, -0.25) is 4.79 Å². The fourth-order valence-corrected chi connectivity index (χ4v) is 2.15. The zero-order valence-corrected chi connectivity index (χ0v) is 12.2. The lowest BCUT2D eigenvalue weighted by molar-refractivity contribution is -0.125. The maximum Gasteiger partial charge on any atom is 0.258 e. The standard InChI is InChI=1S/C16H20ClNO2/c1-2-3-10-15(11-7-12-17)20-13-16(19)18-14-8-5-4-6-9-14/h1,3,7,10-12,14H,4-6,8-9,13H2,(H,18,19)/b10-3+,12-7+,15-11+. The van der Waals surface area contributed by atoms with Crippen LogP contribution in [0.5, 0.6) is 0 Å². The van der Waals surface area contributed by atoms with Crippen molar-refractivity contribution in [1.82, 2.24) is 5.32 Å². The lowest BCUT2D eigenvalue weighted by Gasteiger charge is -2.22. The predicted molar refractivity (Wildman–Crippen MR) is 82.0 cm³/mol. The number of hydrogen-bond acceptors (Lipinski definition) is 2. The Labute approximate surface area is 125 Å². The molecule has 1 N–H and O–H groups in total. The molecule has 0 aromatic carbocycles. The van der Waals surface area contributed by atoms with Gasteiger partial charge in [-0.2, -0.15) is 0 Å². The number of amides is 1. The van der Waals surface area contributed by atoms with Crippen molar-refractivity contribution in [3.8, 4) is 12.3 Å². The average molecular weight is 294 g/mol. The Balaban J connectivity index is 2.39. The molecule has 1 saturated carbocycles. The number of carbonyl (C=O) groups is 1. The molecule has 0 spiro atoms. The first-order chi connectivity index (χ1) is 9.76. The Bertz CT molecular complexity index is 426. The SMILES string of the molecule is C#C/C=C/C(=C\C=C\Cl)OCC(=O)NC1CCCCC1. The molecule has 0 aromatic heterocycles. The van der Waals surface area contributed by atoms with E-state index in [0.717, 1.165) is 12.8 Å². The van der Waals surface area contributed by atoms with Gasteiger partial charge < -0.3 is 10.1 Å². The summed E-state index contributed by atoms with van der Waals surface area (Å²) in [5, 5.41) is 2.99. The van der Waals surface area contributed by atoms with Crippen molar-refractivity contribution in [2.24, 2.45) is 0 Å². The lowest BCUT2D eigenvalue weighted by atomic mass is 9.95. The van der Waals surface area contributed by atoms with Gasteiger partial charge in [-0.05, 0) is 37.1 Å². The summed E-state index contributed by atoms with van der Waals surface area (Å²) in [4.78, 5) is 11.8. The van der Waals surface area contributed by atoms with Crippen LogP contribution in [0.15, 0.2) is 35.6 Å². The summed E-state index contributed by atoms with van der Waals surface area (Å²) < 4.78 is 5.41. The Morgan fingerprint density at radius 2 is 2.15 bits per heavy atom. The molecule has 3 nitrogen and oxygen atoms in total. The second-order valence-corrected chi connectivity index (χ2v) is 4.83. The molecule has 1 amide bonds. The summed E-state index contributed by atoms with van der Waals surface area (Å²) in [5.41, 5.74) is 1.36. The first-order valence-electron chi connectivity index (χ1n) is 6.78. The van der Waals surface area contributed by atoms with E-state index in [1.54, 1.807) is 18.2 Å². The van der Waals surface area contributed by atoms with Crippen molar-refractivity contribution in [3.05, 3.63) is 35.6 Å². The van der Waals surface area contributed by atoms with Gasteiger partial charge in [-0.1, -0.05) is 36.8 Å². The molecule has 1 aliphatic rings. The zero-order chi connectivity index (χ0) is 14.6. The number of terminal acetylenes is 1. The van der Waals surface area contributed by atoms with E-state index in [1.807, 2.05) is 0 Å². The van der Waals surface area contributed by atoms with E-state index in [1.165, 1.54) is 30.9 Å². The van der Waals surface area contributed by atoms with Crippen molar-refractivity contribution in [2.45, 2.75) is 38.1 Å². The number of hydrogen-bond donors (Lipinski definition) is 1. The van der Waals surface area contributed by atoms with E-state index in [9.17, 15) is 4.79 Å². The Morgan fingerprint density at radius 1 is 1.40 bits per heavy atom. The van der Waals surface area contributed by atoms with E-state index < -0.39 is 0 Å². The summed E-state index contributed by atoms with van der Waals surface area (Å²) in [7, 11) is 0.